The summed E-state index contributed by atoms with van der Waals surface area (Å²) in [6.07, 6.45) is 3.47. The van der Waals surface area contributed by atoms with E-state index in [1.807, 2.05) is 0 Å². The van der Waals surface area contributed by atoms with Gasteiger partial charge in [-0.15, -0.1) is 0 Å². The van der Waals surface area contributed by atoms with Gasteiger partial charge >= 0.3 is 0 Å². The van der Waals surface area contributed by atoms with E-state index in [0.29, 0.717) is 12.6 Å². The number of rotatable bonds is 3. The number of nitrogens with two attached hydrogens (primary N) is 1. The number of fused-ring (bicyclic) bond motifs is 1. The summed E-state index contributed by atoms with van der Waals surface area (Å²) in [5.41, 5.74) is 8.96. The monoisotopic (exact) mass is 289 g/mol. The summed E-state index contributed by atoms with van der Waals surface area (Å²) in [5, 5.41) is 0. The highest BCUT2D eigenvalue weighted by Crippen LogP contribution is 2.41. The van der Waals surface area contributed by atoms with Gasteiger partial charge < -0.3 is 20.3 Å². The molecule has 0 aromatic heterocycles. The molecule has 1 fully saturated rings. The first kappa shape index (κ1) is 14.7. The van der Waals surface area contributed by atoms with Gasteiger partial charge in [-0.3, -0.25) is 0 Å². The molecule has 1 aromatic rings. The minimum Gasteiger partial charge on any atom is -0.378 e. The first-order chi connectivity index (χ1) is 10.2. The summed E-state index contributed by atoms with van der Waals surface area (Å²) in [4.78, 5) is 4.90. The molecule has 0 spiro atoms. The number of ether oxygens (including phenoxy) is 1. The Labute approximate surface area is 127 Å². The highest BCUT2D eigenvalue weighted by Gasteiger charge is 2.42. The Hall–Kier alpha value is -1.26. The van der Waals surface area contributed by atoms with Crippen molar-refractivity contribution >= 4 is 11.4 Å². The summed E-state index contributed by atoms with van der Waals surface area (Å²) in [5.74, 6) is 0. The Morgan fingerprint density at radius 1 is 1.29 bits per heavy atom. The van der Waals surface area contributed by atoms with Crippen LogP contribution in [-0.4, -0.2) is 44.9 Å². The fourth-order valence-electron chi connectivity index (χ4n) is 3.80. The van der Waals surface area contributed by atoms with E-state index in [9.17, 15) is 0 Å². The van der Waals surface area contributed by atoms with Crippen LogP contribution in [0.5, 0.6) is 0 Å². The van der Waals surface area contributed by atoms with Crippen molar-refractivity contribution in [2.75, 3.05) is 43.1 Å². The van der Waals surface area contributed by atoms with Gasteiger partial charge in [0, 0.05) is 33.3 Å². The second kappa shape index (κ2) is 5.85. The predicted molar refractivity (Wildman–Crippen MR) is 88.1 cm³/mol. The lowest BCUT2D eigenvalue weighted by Crippen LogP contribution is -2.61. The summed E-state index contributed by atoms with van der Waals surface area (Å²) < 4.78 is 5.89. The van der Waals surface area contributed by atoms with Gasteiger partial charge in [0.2, 0.25) is 0 Å². The van der Waals surface area contributed by atoms with Crippen LogP contribution in [0.2, 0.25) is 0 Å². The van der Waals surface area contributed by atoms with Crippen LogP contribution < -0.4 is 15.5 Å². The molecule has 2 heterocycles. The van der Waals surface area contributed by atoms with Crippen LogP contribution in [-0.2, 0) is 4.74 Å². The van der Waals surface area contributed by atoms with Crippen LogP contribution in [0.1, 0.15) is 26.2 Å². The molecule has 0 bridgehead atoms. The van der Waals surface area contributed by atoms with Gasteiger partial charge in [0.25, 0.3) is 0 Å². The molecule has 0 radical (unpaired) electrons. The van der Waals surface area contributed by atoms with E-state index in [1.54, 1.807) is 0 Å². The van der Waals surface area contributed by atoms with E-state index in [1.165, 1.54) is 11.4 Å². The molecule has 2 aliphatic heterocycles. The average molecular weight is 289 g/mol. The fourth-order valence-corrected chi connectivity index (χ4v) is 3.80. The van der Waals surface area contributed by atoms with Crippen LogP contribution in [0.15, 0.2) is 24.3 Å². The molecular formula is C17H27N3O. The van der Waals surface area contributed by atoms with Crippen LogP contribution in [0.25, 0.3) is 0 Å². The van der Waals surface area contributed by atoms with E-state index in [0.717, 1.165) is 39.0 Å². The van der Waals surface area contributed by atoms with Gasteiger partial charge in [-0.25, -0.2) is 0 Å². The molecule has 21 heavy (non-hydrogen) atoms. The van der Waals surface area contributed by atoms with Crippen molar-refractivity contribution in [3.63, 3.8) is 0 Å². The molecule has 116 valence electrons. The number of para-hydroxylation sites is 2. The van der Waals surface area contributed by atoms with Crippen molar-refractivity contribution in [2.45, 2.75) is 37.8 Å². The Morgan fingerprint density at radius 3 is 2.76 bits per heavy atom. The minimum absolute atomic E-state index is 0.0519. The highest BCUT2D eigenvalue weighted by molar-refractivity contribution is 5.74. The molecule has 2 N–H and O–H groups in total. The molecule has 4 nitrogen and oxygen atoms in total. The summed E-state index contributed by atoms with van der Waals surface area (Å²) in [7, 11) is 2.17. The maximum absolute atomic E-state index is 6.27. The van der Waals surface area contributed by atoms with Crippen molar-refractivity contribution in [1.29, 1.82) is 0 Å². The Balaban J connectivity index is 1.96. The molecular weight excluding hydrogens is 262 g/mol. The lowest BCUT2D eigenvalue weighted by Gasteiger charge is -2.52. The number of anilines is 2. The van der Waals surface area contributed by atoms with Crippen molar-refractivity contribution in [3.05, 3.63) is 24.3 Å². The molecule has 2 unspecified atom stereocenters. The van der Waals surface area contributed by atoms with Gasteiger partial charge in [0.15, 0.2) is 0 Å². The van der Waals surface area contributed by atoms with E-state index in [-0.39, 0.29) is 5.54 Å². The standard InChI is InChI=1S/C17H27N3O/c1-3-14-12-17(13-18,8-11-21-14)20-10-9-19(2)15-6-4-5-7-16(15)20/h4-7,14H,3,8-13,18H2,1-2H3. The summed E-state index contributed by atoms with van der Waals surface area (Å²) in [6, 6.07) is 8.69. The number of benzene rings is 1. The second-order valence-electron chi connectivity index (χ2n) is 6.35. The smallest absolute Gasteiger partial charge is 0.0609 e. The number of likely N-dealkylation sites (N-methyl/N-ethyl adjacent to an activating group) is 1. The summed E-state index contributed by atoms with van der Waals surface area (Å²) in [6.45, 7) is 5.82. The highest BCUT2D eigenvalue weighted by atomic mass is 16.5. The molecule has 2 atom stereocenters. The van der Waals surface area contributed by atoms with E-state index >= 15 is 0 Å². The molecule has 1 saturated heterocycles. The summed E-state index contributed by atoms with van der Waals surface area (Å²) >= 11 is 0. The third-order valence-electron chi connectivity index (χ3n) is 5.18. The van der Waals surface area contributed by atoms with Gasteiger partial charge in [0.05, 0.1) is 23.0 Å². The molecule has 4 heteroatoms. The second-order valence-corrected chi connectivity index (χ2v) is 6.35. The molecule has 2 aliphatic rings. The zero-order valence-corrected chi connectivity index (χ0v) is 13.2. The maximum atomic E-state index is 6.27. The van der Waals surface area contributed by atoms with Gasteiger partial charge in [-0.2, -0.15) is 0 Å². The van der Waals surface area contributed by atoms with Gasteiger partial charge in [0.1, 0.15) is 0 Å². The van der Waals surface area contributed by atoms with E-state index in [2.05, 4.69) is 48.0 Å². The first-order valence-electron chi connectivity index (χ1n) is 8.09. The molecule has 0 aliphatic carbocycles. The average Bonchev–Trinajstić information content (AvgIpc) is 2.55. The quantitative estimate of drug-likeness (QED) is 0.926. The Bertz CT molecular complexity index is 493. The minimum atomic E-state index is 0.0519. The lowest BCUT2D eigenvalue weighted by molar-refractivity contribution is -0.0199. The van der Waals surface area contributed by atoms with Crippen LogP contribution in [0.3, 0.4) is 0 Å². The van der Waals surface area contributed by atoms with E-state index in [4.69, 9.17) is 10.5 Å². The molecule has 0 amide bonds. The van der Waals surface area contributed by atoms with Crippen LogP contribution in [0, 0.1) is 0 Å². The Morgan fingerprint density at radius 2 is 2.05 bits per heavy atom. The molecule has 1 aromatic carbocycles. The number of hydrogen-bond acceptors (Lipinski definition) is 4. The zero-order chi connectivity index (χ0) is 14.9. The predicted octanol–water partition coefficient (Wildman–Crippen LogP) is 2.23. The van der Waals surface area contributed by atoms with Crippen molar-refractivity contribution in [1.82, 2.24) is 0 Å². The topological polar surface area (TPSA) is 41.7 Å². The molecule has 0 saturated carbocycles. The molecule has 3 rings (SSSR count). The fraction of sp³-hybridized carbons (Fsp3) is 0.647. The lowest BCUT2D eigenvalue weighted by atomic mass is 9.83. The number of nitrogens with zero attached hydrogens (tertiary/aromatic N) is 2. The number of hydrogen-bond donors (Lipinski definition) is 1. The van der Waals surface area contributed by atoms with Crippen LogP contribution >= 0.6 is 0 Å². The first-order valence-corrected chi connectivity index (χ1v) is 8.09. The van der Waals surface area contributed by atoms with Gasteiger partial charge in [-0.05, 0) is 31.4 Å². The largest absolute Gasteiger partial charge is 0.378 e. The zero-order valence-electron chi connectivity index (χ0n) is 13.2. The van der Waals surface area contributed by atoms with Crippen LogP contribution in [0.4, 0.5) is 11.4 Å². The van der Waals surface area contributed by atoms with Crippen molar-refractivity contribution in [3.8, 4) is 0 Å². The van der Waals surface area contributed by atoms with Crippen molar-refractivity contribution < 1.29 is 4.74 Å². The van der Waals surface area contributed by atoms with Gasteiger partial charge in [-0.1, -0.05) is 19.1 Å². The third kappa shape index (κ3) is 2.51. The van der Waals surface area contributed by atoms with Crippen molar-refractivity contribution in [2.24, 2.45) is 5.73 Å². The van der Waals surface area contributed by atoms with E-state index < -0.39 is 0 Å². The maximum Gasteiger partial charge on any atom is 0.0609 e. The normalized spacial score (nSPS) is 29.4. The SMILES string of the molecule is CCC1CC(CN)(N2CCN(C)c3ccccc32)CCO1. The third-order valence-corrected chi connectivity index (χ3v) is 5.18. The Kier molecular flexibility index (Phi) is 4.09.